The highest BCUT2D eigenvalue weighted by molar-refractivity contribution is 7.40. The van der Waals surface area contributed by atoms with Gasteiger partial charge in [0.2, 0.25) is 0 Å². The van der Waals surface area contributed by atoms with E-state index in [4.69, 9.17) is 9.05 Å². The van der Waals surface area contributed by atoms with E-state index < -0.39 is 60.5 Å². The maximum Gasteiger partial charge on any atom is 0.391 e. The van der Waals surface area contributed by atoms with E-state index in [9.17, 15) is 19.6 Å². The third-order valence-corrected chi connectivity index (χ3v) is 14.2. The van der Waals surface area contributed by atoms with Gasteiger partial charge in [0.1, 0.15) is 11.5 Å². The van der Waals surface area contributed by atoms with E-state index in [0.717, 1.165) is 66.8 Å². The number of hydrogen-bond donors (Lipinski definition) is 4. The summed E-state index contributed by atoms with van der Waals surface area (Å²) in [5, 5.41) is 0. The summed E-state index contributed by atoms with van der Waals surface area (Å²) in [6, 6.07) is 25.9. The minimum absolute atomic E-state index is 0.296. The van der Waals surface area contributed by atoms with Crippen LogP contribution in [0, 0.1) is 0 Å². The molecule has 5 rings (SSSR count). The summed E-state index contributed by atoms with van der Waals surface area (Å²) in [6.45, 7) is 53.1. The molecule has 0 fully saturated rings. The van der Waals surface area contributed by atoms with Gasteiger partial charge < -0.3 is 28.6 Å². The first-order valence-electron chi connectivity index (χ1n) is 25.0. The molecule has 0 aliphatic carbocycles. The zero-order valence-corrected chi connectivity index (χ0v) is 49.2. The summed E-state index contributed by atoms with van der Waals surface area (Å²) < 4.78 is 14.1. The van der Waals surface area contributed by atoms with Crippen LogP contribution in [-0.4, -0.2) is 19.6 Å². The fourth-order valence-corrected chi connectivity index (χ4v) is 11.0. The Morgan fingerprint density at radius 2 is 0.371 bits per heavy atom. The molecular weight excluding hydrogens is 903 g/mol. The van der Waals surface area contributed by atoms with Gasteiger partial charge in [0.15, 0.2) is 0 Å². The number of benzene rings is 5. The molecule has 70 heavy (non-hydrogen) atoms. The van der Waals surface area contributed by atoms with Crippen molar-refractivity contribution >= 4 is 17.2 Å². The zero-order valence-electron chi connectivity index (χ0n) is 47.4. The summed E-state index contributed by atoms with van der Waals surface area (Å²) in [7, 11) is -6.17. The van der Waals surface area contributed by atoms with Crippen LogP contribution in [0.25, 0.3) is 44.5 Å². The number of rotatable bonds is 8. The fraction of sp³-hybridized carbons (Fsp3) is 0.516. The molecule has 0 bridgehead atoms. The standard InChI is InChI=1S/C62H88O6P2/c1-55(2,3)37-29-25-30-38(56(4,5)6)45(37)49-50(46-39(57(7,8)9)31-26-32-40(46)58(10,11)12)54(68-70(65)66)52(48-43(61(19,20)21)35-28-36-44(48)62(22,23)24)51(53(49)67-69(63)64)47-41(59(13,14)15)33-27-34-42(47)60(16,17)18/h25-36,63-66H,1-24H3. The molecule has 4 N–H and O–H groups in total. The molecule has 0 aromatic heterocycles. The first kappa shape index (κ1) is 57.3. The molecule has 0 saturated heterocycles. The molecule has 5 aromatic rings. The predicted octanol–water partition coefficient (Wildman–Crippen LogP) is 17.9. The molecule has 5 aromatic carbocycles. The van der Waals surface area contributed by atoms with Crippen molar-refractivity contribution in [1.82, 2.24) is 0 Å². The maximum absolute atomic E-state index is 11.8. The van der Waals surface area contributed by atoms with Crippen LogP contribution in [0.4, 0.5) is 0 Å². The van der Waals surface area contributed by atoms with E-state index in [1.807, 2.05) is 0 Å². The molecule has 0 aliphatic heterocycles. The molecule has 0 atom stereocenters. The Labute approximate surface area is 426 Å². The Morgan fingerprint density at radius 1 is 0.243 bits per heavy atom. The third kappa shape index (κ3) is 11.8. The average Bonchev–Trinajstić information content (AvgIpc) is 3.16. The second-order valence-electron chi connectivity index (χ2n) is 27.8. The van der Waals surface area contributed by atoms with Crippen LogP contribution >= 0.6 is 17.2 Å². The van der Waals surface area contributed by atoms with Crippen molar-refractivity contribution in [2.24, 2.45) is 0 Å². The Balaban J connectivity index is 2.62. The molecular formula is C62H88O6P2. The van der Waals surface area contributed by atoms with Gasteiger partial charge in [0, 0.05) is 22.3 Å². The van der Waals surface area contributed by atoms with Gasteiger partial charge in [-0.15, -0.1) is 0 Å². The first-order chi connectivity index (χ1) is 31.5. The van der Waals surface area contributed by atoms with E-state index in [0.29, 0.717) is 33.8 Å². The van der Waals surface area contributed by atoms with Crippen LogP contribution in [0.3, 0.4) is 0 Å². The van der Waals surface area contributed by atoms with E-state index >= 15 is 0 Å². The van der Waals surface area contributed by atoms with Crippen molar-refractivity contribution in [1.29, 1.82) is 0 Å². The van der Waals surface area contributed by atoms with Crippen molar-refractivity contribution in [3.8, 4) is 56.0 Å². The van der Waals surface area contributed by atoms with Crippen molar-refractivity contribution < 1.29 is 28.6 Å². The van der Waals surface area contributed by atoms with Crippen molar-refractivity contribution in [2.75, 3.05) is 0 Å². The topological polar surface area (TPSA) is 99.4 Å². The van der Waals surface area contributed by atoms with Gasteiger partial charge in [-0.3, -0.25) is 0 Å². The lowest BCUT2D eigenvalue weighted by Gasteiger charge is -2.39. The van der Waals surface area contributed by atoms with Gasteiger partial charge in [-0.25, -0.2) is 0 Å². The molecule has 0 amide bonds. The molecule has 0 heterocycles. The lowest BCUT2D eigenvalue weighted by molar-refractivity contribution is 0.371. The van der Waals surface area contributed by atoms with E-state index in [-0.39, 0.29) is 0 Å². The van der Waals surface area contributed by atoms with Gasteiger partial charge in [-0.1, -0.05) is 239 Å². The zero-order chi connectivity index (χ0) is 53.4. The van der Waals surface area contributed by atoms with Crippen molar-refractivity contribution in [3.63, 3.8) is 0 Å². The summed E-state index contributed by atoms with van der Waals surface area (Å²) in [5.74, 6) is 0.593. The minimum atomic E-state index is -3.09. The van der Waals surface area contributed by atoms with Gasteiger partial charge in [-0.05, 0) is 110 Å². The highest BCUT2D eigenvalue weighted by Gasteiger charge is 2.43. The largest absolute Gasteiger partial charge is 0.426 e. The summed E-state index contributed by atoms with van der Waals surface area (Å²) >= 11 is 0. The Morgan fingerprint density at radius 3 is 0.471 bits per heavy atom. The van der Waals surface area contributed by atoms with Crippen LogP contribution in [0.1, 0.15) is 211 Å². The van der Waals surface area contributed by atoms with Crippen LogP contribution in [0.5, 0.6) is 11.5 Å². The molecule has 0 radical (unpaired) electrons. The minimum Gasteiger partial charge on any atom is -0.426 e. The van der Waals surface area contributed by atoms with Crippen molar-refractivity contribution in [2.45, 2.75) is 209 Å². The Hall–Kier alpha value is -3.60. The molecule has 6 nitrogen and oxygen atoms in total. The smallest absolute Gasteiger partial charge is 0.391 e. The maximum atomic E-state index is 11.8. The molecule has 382 valence electrons. The normalized spacial score (nSPS) is 13.7. The highest BCUT2D eigenvalue weighted by Crippen LogP contribution is 2.65. The second-order valence-corrected chi connectivity index (χ2v) is 29.1. The number of hydrogen-bond acceptors (Lipinski definition) is 6. The van der Waals surface area contributed by atoms with Gasteiger partial charge in [-0.2, -0.15) is 0 Å². The summed E-state index contributed by atoms with van der Waals surface area (Å²) in [6.07, 6.45) is 0. The lowest BCUT2D eigenvalue weighted by Crippen LogP contribution is -2.23. The SMILES string of the molecule is CC(C)(C)c1cccc(C(C)(C)C)c1-c1c(OP(O)O)c(-c2c(C(C)(C)C)cccc2C(C)(C)C)c(-c2c(C(C)(C)C)cccc2C(C)(C)C)c(OP(O)O)c1-c1c(C(C)(C)C)cccc1C(C)(C)C. The fourth-order valence-electron chi connectivity index (χ4n) is 10.3. The molecule has 0 spiro atoms. The Kier molecular flexibility index (Phi) is 15.8. The monoisotopic (exact) mass is 991 g/mol. The lowest BCUT2D eigenvalue weighted by atomic mass is 9.66. The van der Waals surface area contributed by atoms with Crippen molar-refractivity contribution in [3.05, 3.63) is 117 Å². The molecule has 0 saturated carbocycles. The van der Waals surface area contributed by atoms with Gasteiger partial charge >= 0.3 is 17.2 Å². The molecule has 0 unspecified atom stereocenters. The average molecular weight is 991 g/mol. The molecule has 8 heteroatoms. The van der Waals surface area contributed by atoms with E-state index in [2.05, 4.69) is 239 Å². The van der Waals surface area contributed by atoms with E-state index in [1.165, 1.54) is 0 Å². The Bertz CT molecular complexity index is 2230. The van der Waals surface area contributed by atoms with Gasteiger partial charge in [0.25, 0.3) is 0 Å². The second kappa shape index (κ2) is 19.3. The summed E-state index contributed by atoms with van der Waals surface area (Å²) in [4.78, 5) is 47.3. The molecule has 0 aliphatic rings. The van der Waals surface area contributed by atoms with Crippen LogP contribution in [-0.2, 0) is 43.3 Å². The third-order valence-electron chi connectivity index (χ3n) is 13.5. The predicted molar refractivity (Wildman–Crippen MR) is 302 cm³/mol. The van der Waals surface area contributed by atoms with Crippen LogP contribution in [0.15, 0.2) is 72.8 Å². The van der Waals surface area contributed by atoms with Crippen LogP contribution in [0.2, 0.25) is 0 Å². The summed E-state index contributed by atoms with van der Waals surface area (Å²) in [5.41, 5.74) is 10.4. The van der Waals surface area contributed by atoms with Gasteiger partial charge in [0.05, 0.1) is 0 Å². The highest BCUT2D eigenvalue weighted by atomic mass is 31.2. The van der Waals surface area contributed by atoms with E-state index in [1.54, 1.807) is 0 Å². The quantitative estimate of drug-likeness (QED) is 0.116. The van der Waals surface area contributed by atoms with Crippen LogP contribution < -0.4 is 9.05 Å². The first-order valence-corrected chi connectivity index (χ1v) is 27.4.